The average Bonchev–Trinajstić information content (AvgIpc) is 2.74. The summed E-state index contributed by atoms with van der Waals surface area (Å²) in [7, 11) is 0. The number of hydrogen-bond acceptors (Lipinski definition) is 2. The highest BCUT2D eigenvalue weighted by atomic mass is 19.2. The number of halogens is 2. The van der Waals surface area contributed by atoms with Gasteiger partial charge in [-0.2, -0.15) is 0 Å². The predicted molar refractivity (Wildman–Crippen MR) is 52.3 cm³/mol. The zero-order valence-corrected chi connectivity index (χ0v) is 8.21. The first-order valence-electron chi connectivity index (χ1n) is 5.05. The lowest BCUT2D eigenvalue weighted by Gasteiger charge is -2.19. The van der Waals surface area contributed by atoms with Crippen molar-refractivity contribution in [3.63, 3.8) is 0 Å². The Labute approximate surface area is 86.9 Å². The van der Waals surface area contributed by atoms with Gasteiger partial charge in [-0.1, -0.05) is 12.1 Å². The second kappa shape index (κ2) is 4.24. The second-order valence-electron chi connectivity index (χ2n) is 3.79. The van der Waals surface area contributed by atoms with Crippen molar-refractivity contribution >= 4 is 0 Å². The number of rotatable bonds is 2. The van der Waals surface area contributed by atoms with Gasteiger partial charge in [0.05, 0.1) is 6.10 Å². The first-order chi connectivity index (χ1) is 7.20. The van der Waals surface area contributed by atoms with Gasteiger partial charge >= 0.3 is 0 Å². The lowest BCUT2D eigenvalue weighted by atomic mass is 10.0. The lowest BCUT2D eigenvalue weighted by molar-refractivity contribution is 0.132. The molecule has 0 aliphatic carbocycles. The van der Waals surface area contributed by atoms with Gasteiger partial charge in [0.2, 0.25) is 0 Å². The molecule has 0 saturated carbocycles. The van der Waals surface area contributed by atoms with Gasteiger partial charge in [-0.25, -0.2) is 8.78 Å². The fourth-order valence-electron chi connectivity index (χ4n) is 1.95. The van der Waals surface area contributed by atoms with E-state index in [0.717, 1.165) is 25.5 Å². The molecule has 0 amide bonds. The Morgan fingerprint density at radius 1 is 1.40 bits per heavy atom. The van der Waals surface area contributed by atoms with E-state index in [9.17, 15) is 13.9 Å². The molecule has 0 aromatic heterocycles. The SMILES string of the molecule is OC(c1cccc(F)c1F)C1CCCN1. The van der Waals surface area contributed by atoms with E-state index >= 15 is 0 Å². The second-order valence-corrected chi connectivity index (χ2v) is 3.79. The Morgan fingerprint density at radius 3 is 2.87 bits per heavy atom. The minimum atomic E-state index is -0.969. The van der Waals surface area contributed by atoms with Crippen LogP contribution in [0.15, 0.2) is 18.2 Å². The van der Waals surface area contributed by atoms with Gasteiger partial charge in [0.25, 0.3) is 0 Å². The highest BCUT2D eigenvalue weighted by molar-refractivity contribution is 5.22. The molecule has 2 rings (SSSR count). The van der Waals surface area contributed by atoms with Crippen molar-refractivity contribution in [1.29, 1.82) is 0 Å². The average molecular weight is 213 g/mol. The first kappa shape index (κ1) is 10.5. The van der Waals surface area contributed by atoms with Crippen molar-refractivity contribution in [2.75, 3.05) is 6.54 Å². The Kier molecular flexibility index (Phi) is 2.98. The van der Waals surface area contributed by atoms with E-state index in [4.69, 9.17) is 0 Å². The normalized spacial score (nSPS) is 23.0. The summed E-state index contributed by atoms with van der Waals surface area (Å²) < 4.78 is 26.3. The van der Waals surface area contributed by atoms with Crippen LogP contribution in [-0.2, 0) is 0 Å². The zero-order chi connectivity index (χ0) is 10.8. The summed E-state index contributed by atoms with van der Waals surface area (Å²) in [5.74, 6) is -1.86. The molecule has 1 aliphatic rings. The van der Waals surface area contributed by atoms with Crippen LogP contribution >= 0.6 is 0 Å². The van der Waals surface area contributed by atoms with Crippen LogP contribution in [0.25, 0.3) is 0 Å². The molecule has 15 heavy (non-hydrogen) atoms. The molecule has 1 aromatic rings. The fourth-order valence-corrected chi connectivity index (χ4v) is 1.95. The third-order valence-electron chi connectivity index (χ3n) is 2.78. The van der Waals surface area contributed by atoms with Crippen molar-refractivity contribution in [3.8, 4) is 0 Å². The molecule has 0 bridgehead atoms. The topological polar surface area (TPSA) is 32.3 Å². The molecule has 1 heterocycles. The van der Waals surface area contributed by atoms with Crippen LogP contribution in [0.2, 0.25) is 0 Å². The summed E-state index contributed by atoms with van der Waals surface area (Å²) in [5, 5.41) is 12.9. The van der Waals surface area contributed by atoms with Crippen molar-refractivity contribution in [3.05, 3.63) is 35.4 Å². The first-order valence-corrected chi connectivity index (χ1v) is 5.05. The molecule has 2 atom stereocenters. The standard InChI is InChI=1S/C11H13F2NO/c12-8-4-1-3-7(10(8)13)11(15)9-5-2-6-14-9/h1,3-4,9,11,14-15H,2,5-6H2. The minimum Gasteiger partial charge on any atom is -0.387 e. The van der Waals surface area contributed by atoms with Gasteiger partial charge in [0.1, 0.15) is 0 Å². The van der Waals surface area contributed by atoms with Crippen molar-refractivity contribution < 1.29 is 13.9 Å². The maximum atomic E-state index is 13.3. The molecule has 2 N–H and O–H groups in total. The van der Waals surface area contributed by atoms with E-state index in [2.05, 4.69) is 5.32 Å². The predicted octanol–water partition coefficient (Wildman–Crippen LogP) is 1.75. The van der Waals surface area contributed by atoms with Gasteiger partial charge in [-0.05, 0) is 25.5 Å². The van der Waals surface area contributed by atoms with E-state index in [1.165, 1.54) is 12.1 Å². The smallest absolute Gasteiger partial charge is 0.164 e. The van der Waals surface area contributed by atoms with Crippen LogP contribution in [0, 0.1) is 11.6 Å². The molecule has 4 heteroatoms. The van der Waals surface area contributed by atoms with Crippen LogP contribution < -0.4 is 5.32 Å². The lowest BCUT2D eigenvalue weighted by Crippen LogP contribution is -2.29. The van der Waals surface area contributed by atoms with Crippen LogP contribution in [0.4, 0.5) is 8.78 Å². The maximum absolute atomic E-state index is 13.3. The van der Waals surface area contributed by atoms with Gasteiger partial charge in [0, 0.05) is 11.6 Å². The molecule has 82 valence electrons. The van der Waals surface area contributed by atoms with E-state index < -0.39 is 17.7 Å². The summed E-state index contributed by atoms with van der Waals surface area (Å²) in [6.07, 6.45) is 0.777. The monoisotopic (exact) mass is 213 g/mol. The number of benzene rings is 1. The molecular weight excluding hydrogens is 200 g/mol. The molecule has 1 aromatic carbocycles. The third-order valence-corrected chi connectivity index (χ3v) is 2.78. The van der Waals surface area contributed by atoms with Gasteiger partial charge < -0.3 is 10.4 Å². The molecule has 0 radical (unpaired) electrons. The van der Waals surface area contributed by atoms with Crippen LogP contribution in [0.5, 0.6) is 0 Å². The Morgan fingerprint density at radius 2 is 2.20 bits per heavy atom. The number of hydrogen-bond donors (Lipinski definition) is 2. The van der Waals surface area contributed by atoms with E-state index in [1.54, 1.807) is 0 Å². The van der Waals surface area contributed by atoms with Crippen LogP contribution in [0.3, 0.4) is 0 Å². The largest absolute Gasteiger partial charge is 0.387 e. The van der Waals surface area contributed by atoms with Crippen molar-refractivity contribution in [2.45, 2.75) is 25.0 Å². The highest BCUT2D eigenvalue weighted by Gasteiger charge is 2.26. The molecule has 2 unspecified atom stereocenters. The van der Waals surface area contributed by atoms with E-state index in [0.29, 0.717) is 0 Å². The summed E-state index contributed by atoms with van der Waals surface area (Å²) in [6.45, 7) is 0.818. The van der Waals surface area contributed by atoms with Crippen molar-refractivity contribution in [2.24, 2.45) is 0 Å². The van der Waals surface area contributed by atoms with E-state index in [-0.39, 0.29) is 11.6 Å². The molecular formula is C11H13F2NO. The molecule has 0 spiro atoms. The quantitative estimate of drug-likeness (QED) is 0.784. The molecule has 1 fully saturated rings. The number of aliphatic hydroxyl groups excluding tert-OH is 1. The van der Waals surface area contributed by atoms with E-state index in [1.807, 2.05) is 0 Å². The number of aliphatic hydroxyl groups is 1. The van der Waals surface area contributed by atoms with Crippen LogP contribution in [0.1, 0.15) is 24.5 Å². The summed E-state index contributed by atoms with van der Waals surface area (Å²) in [4.78, 5) is 0. The molecule has 1 aliphatic heterocycles. The Balaban J connectivity index is 2.24. The summed E-state index contributed by atoms with van der Waals surface area (Å²) in [5.41, 5.74) is 0.0365. The fraction of sp³-hybridized carbons (Fsp3) is 0.455. The highest BCUT2D eigenvalue weighted by Crippen LogP contribution is 2.25. The van der Waals surface area contributed by atoms with Crippen LogP contribution in [-0.4, -0.2) is 17.7 Å². The summed E-state index contributed by atoms with van der Waals surface area (Å²) in [6, 6.07) is 3.71. The van der Waals surface area contributed by atoms with Gasteiger partial charge in [-0.3, -0.25) is 0 Å². The van der Waals surface area contributed by atoms with Gasteiger partial charge in [-0.15, -0.1) is 0 Å². The third kappa shape index (κ3) is 2.01. The molecule has 2 nitrogen and oxygen atoms in total. The zero-order valence-electron chi connectivity index (χ0n) is 8.21. The Hall–Kier alpha value is -1.00. The number of nitrogens with one attached hydrogen (secondary N) is 1. The van der Waals surface area contributed by atoms with Crippen molar-refractivity contribution in [1.82, 2.24) is 5.32 Å². The van der Waals surface area contributed by atoms with Gasteiger partial charge in [0.15, 0.2) is 11.6 Å². The Bertz CT molecular complexity index is 350. The summed E-state index contributed by atoms with van der Waals surface area (Å²) >= 11 is 0. The minimum absolute atomic E-state index is 0.0365. The molecule has 1 saturated heterocycles. The maximum Gasteiger partial charge on any atom is 0.164 e.